The Morgan fingerprint density at radius 2 is 1.84 bits per heavy atom. The molecule has 0 bridgehead atoms. The maximum absolute atomic E-state index is 11.7. The fourth-order valence-corrected chi connectivity index (χ4v) is 2.15. The molecule has 0 fully saturated rings. The van der Waals surface area contributed by atoms with Crippen LogP contribution < -0.4 is 5.32 Å². The van der Waals surface area contributed by atoms with Gasteiger partial charge in [-0.05, 0) is 52.9 Å². The first-order chi connectivity index (χ1) is 8.88. The van der Waals surface area contributed by atoms with Crippen LogP contribution in [0.1, 0.15) is 0 Å². The van der Waals surface area contributed by atoms with Crippen LogP contribution in [-0.4, -0.2) is 14.3 Å². The van der Waals surface area contributed by atoms with Gasteiger partial charge in [-0.15, -0.1) is 0 Å². The van der Waals surface area contributed by atoms with Gasteiger partial charge in [-0.2, -0.15) is 0 Å². The van der Waals surface area contributed by atoms with Crippen molar-refractivity contribution in [3.8, 4) is 5.69 Å². The van der Waals surface area contributed by atoms with Gasteiger partial charge in [-0.25, -0.2) is 0 Å². The fraction of sp³-hybridized carbons (Fsp3) is 0.0833. The zero-order valence-electron chi connectivity index (χ0n) is 9.41. The van der Waals surface area contributed by atoms with Gasteiger partial charge in [0.25, 0.3) is 9.70 Å². The number of nitrogens with zero attached hydrogens (tertiary/aromatic N) is 1. The Balaban J connectivity index is 2.39. The van der Waals surface area contributed by atoms with Crippen LogP contribution in [0.4, 0.5) is 5.69 Å². The molecule has 0 aliphatic carbocycles. The van der Waals surface area contributed by atoms with E-state index in [1.54, 1.807) is 0 Å². The van der Waals surface area contributed by atoms with Gasteiger partial charge in [0.05, 0.1) is 11.4 Å². The lowest BCUT2D eigenvalue weighted by Gasteiger charge is -2.15. The average molecular weight is 429 g/mol. The van der Waals surface area contributed by atoms with Crippen LogP contribution in [0.2, 0.25) is 0 Å². The van der Waals surface area contributed by atoms with E-state index in [4.69, 9.17) is 34.8 Å². The van der Waals surface area contributed by atoms with Gasteiger partial charge in [-0.3, -0.25) is 4.79 Å². The Bertz CT molecular complexity index is 594. The molecule has 1 aromatic carbocycles. The van der Waals surface area contributed by atoms with E-state index in [2.05, 4.69) is 27.9 Å². The lowest BCUT2D eigenvalue weighted by molar-refractivity contribution is -0.115. The van der Waals surface area contributed by atoms with E-state index in [0.717, 1.165) is 9.26 Å². The quantitative estimate of drug-likeness (QED) is 0.558. The summed E-state index contributed by atoms with van der Waals surface area (Å²) in [5, 5.41) is 2.62. The number of rotatable bonds is 2. The fourth-order valence-electron chi connectivity index (χ4n) is 1.52. The monoisotopic (exact) mass is 428 g/mol. The van der Waals surface area contributed by atoms with Crippen molar-refractivity contribution in [2.75, 3.05) is 5.32 Å². The van der Waals surface area contributed by atoms with Crippen LogP contribution in [0.3, 0.4) is 0 Å². The number of carbonyl (C=O) groups is 1. The predicted molar refractivity (Wildman–Crippen MR) is 87.4 cm³/mol. The second-order valence-electron chi connectivity index (χ2n) is 3.70. The molecule has 19 heavy (non-hydrogen) atoms. The summed E-state index contributed by atoms with van der Waals surface area (Å²) in [7, 11) is 0. The molecule has 0 saturated carbocycles. The second-order valence-corrected chi connectivity index (χ2v) is 7.23. The minimum atomic E-state index is -1.99. The van der Waals surface area contributed by atoms with Crippen molar-refractivity contribution < 1.29 is 4.79 Å². The molecule has 0 aliphatic rings. The number of nitrogens with one attached hydrogen (secondary N) is 1. The molecule has 100 valence electrons. The van der Waals surface area contributed by atoms with E-state index in [0.29, 0.717) is 5.69 Å². The van der Waals surface area contributed by atoms with Gasteiger partial charge in [-0.1, -0.05) is 34.8 Å². The third-order valence-electron chi connectivity index (χ3n) is 2.35. The van der Waals surface area contributed by atoms with E-state index >= 15 is 0 Å². The Morgan fingerprint density at radius 1 is 1.21 bits per heavy atom. The molecular weight excluding hydrogens is 421 g/mol. The maximum Gasteiger partial charge on any atom is 0.276 e. The molecule has 0 atom stereocenters. The summed E-state index contributed by atoms with van der Waals surface area (Å²) in [6.07, 6.45) is 3.74. The number of hydrogen-bond donors (Lipinski definition) is 1. The topological polar surface area (TPSA) is 34.0 Å². The maximum atomic E-state index is 11.7. The molecule has 7 heteroatoms. The van der Waals surface area contributed by atoms with Crippen molar-refractivity contribution in [2.45, 2.75) is 3.79 Å². The number of alkyl halides is 3. The number of amides is 1. The average Bonchev–Trinajstić information content (AvgIpc) is 2.81. The summed E-state index contributed by atoms with van der Waals surface area (Å²) in [5.41, 5.74) is 1.38. The van der Waals surface area contributed by atoms with E-state index in [9.17, 15) is 4.79 Å². The summed E-state index contributed by atoms with van der Waals surface area (Å²) in [6.45, 7) is 0. The molecule has 0 saturated heterocycles. The minimum Gasteiger partial charge on any atom is -0.322 e. The molecule has 2 rings (SSSR count). The van der Waals surface area contributed by atoms with Crippen molar-refractivity contribution >= 4 is 69.0 Å². The second kappa shape index (κ2) is 5.91. The number of hydrogen-bond acceptors (Lipinski definition) is 1. The third-order valence-corrected chi connectivity index (χ3v) is 3.53. The van der Waals surface area contributed by atoms with Gasteiger partial charge in [0.2, 0.25) is 0 Å². The molecule has 0 spiro atoms. The highest BCUT2D eigenvalue weighted by molar-refractivity contribution is 14.1. The normalized spacial score (nSPS) is 11.4. The first-order valence-electron chi connectivity index (χ1n) is 5.19. The molecule has 0 radical (unpaired) electrons. The predicted octanol–water partition coefficient (Wildman–Crippen LogP) is 4.39. The number of anilines is 1. The molecule has 2 aromatic rings. The highest BCUT2D eigenvalue weighted by Crippen LogP contribution is 2.30. The smallest absolute Gasteiger partial charge is 0.276 e. The molecule has 1 heterocycles. The zero-order chi connectivity index (χ0) is 14.0. The van der Waals surface area contributed by atoms with Crippen molar-refractivity contribution in [1.82, 2.24) is 4.57 Å². The molecule has 0 aliphatic heterocycles. The Labute approximate surface area is 139 Å². The van der Waals surface area contributed by atoms with E-state index in [1.807, 2.05) is 47.3 Å². The van der Waals surface area contributed by atoms with Crippen LogP contribution in [-0.2, 0) is 4.79 Å². The molecular formula is C12H8Cl3IN2O. The van der Waals surface area contributed by atoms with Crippen molar-refractivity contribution in [3.63, 3.8) is 0 Å². The minimum absolute atomic E-state index is 0.583. The van der Waals surface area contributed by atoms with E-state index in [1.165, 1.54) is 0 Å². The zero-order valence-corrected chi connectivity index (χ0v) is 13.8. The first kappa shape index (κ1) is 15.0. The standard InChI is InChI=1S/C12H8Cl3IN2O/c13-12(14,15)11(19)17-9-7-8(16)3-4-10(9)18-5-1-2-6-18/h1-7H,(H,17,19). The van der Waals surface area contributed by atoms with Gasteiger partial charge in [0.15, 0.2) is 0 Å². The Hall–Kier alpha value is -0.430. The molecule has 3 nitrogen and oxygen atoms in total. The van der Waals surface area contributed by atoms with Crippen LogP contribution in [0.5, 0.6) is 0 Å². The Kier molecular flexibility index (Phi) is 4.66. The van der Waals surface area contributed by atoms with Gasteiger partial charge >= 0.3 is 0 Å². The van der Waals surface area contributed by atoms with Gasteiger partial charge in [0.1, 0.15) is 0 Å². The SMILES string of the molecule is O=C(Nc1cc(I)ccc1-n1cccc1)C(Cl)(Cl)Cl. The lowest BCUT2D eigenvalue weighted by atomic mass is 10.2. The molecule has 1 N–H and O–H groups in total. The summed E-state index contributed by atoms with van der Waals surface area (Å²) in [4.78, 5) is 11.7. The lowest BCUT2D eigenvalue weighted by Crippen LogP contribution is -2.27. The van der Waals surface area contributed by atoms with Crippen LogP contribution in [0.25, 0.3) is 5.69 Å². The summed E-state index contributed by atoms with van der Waals surface area (Å²) < 4.78 is 0.840. The largest absolute Gasteiger partial charge is 0.322 e. The first-order valence-corrected chi connectivity index (χ1v) is 7.40. The number of halogens is 4. The molecule has 0 unspecified atom stereocenters. The molecule has 1 amide bonds. The summed E-state index contributed by atoms with van der Waals surface area (Å²) >= 11 is 18.8. The summed E-state index contributed by atoms with van der Waals surface area (Å²) in [5.74, 6) is -0.687. The van der Waals surface area contributed by atoms with E-state index in [-0.39, 0.29) is 0 Å². The molecule has 1 aromatic heterocycles. The number of aromatic nitrogens is 1. The van der Waals surface area contributed by atoms with Crippen molar-refractivity contribution in [2.24, 2.45) is 0 Å². The Morgan fingerprint density at radius 3 is 2.42 bits per heavy atom. The van der Waals surface area contributed by atoms with Crippen molar-refractivity contribution in [1.29, 1.82) is 0 Å². The van der Waals surface area contributed by atoms with Crippen molar-refractivity contribution in [3.05, 3.63) is 46.3 Å². The van der Waals surface area contributed by atoms with E-state index < -0.39 is 9.70 Å². The third kappa shape index (κ3) is 3.78. The number of benzene rings is 1. The van der Waals surface area contributed by atoms with Gasteiger partial charge < -0.3 is 9.88 Å². The highest BCUT2D eigenvalue weighted by Gasteiger charge is 2.31. The number of carbonyl (C=O) groups excluding carboxylic acids is 1. The summed E-state index contributed by atoms with van der Waals surface area (Å²) in [6, 6.07) is 9.40. The van der Waals surface area contributed by atoms with Crippen LogP contribution >= 0.6 is 57.4 Å². The highest BCUT2D eigenvalue weighted by atomic mass is 127. The van der Waals surface area contributed by atoms with Crippen LogP contribution in [0.15, 0.2) is 42.7 Å². The van der Waals surface area contributed by atoms with Crippen LogP contribution in [0, 0.1) is 3.57 Å². The van der Waals surface area contributed by atoms with Gasteiger partial charge in [0, 0.05) is 16.0 Å².